The van der Waals surface area contributed by atoms with E-state index in [1.54, 1.807) is 0 Å². The molecule has 0 amide bonds. The van der Waals surface area contributed by atoms with Crippen molar-refractivity contribution in [1.82, 2.24) is 9.78 Å². The summed E-state index contributed by atoms with van der Waals surface area (Å²) in [7, 11) is 1.45. The van der Waals surface area contributed by atoms with Crippen molar-refractivity contribution >= 4 is 17.3 Å². The third-order valence-corrected chi connectivity index (χ3v) is 3.23. The quantitative estimate of drug-likeness (QED) is 0.628. The minimum atomic E-state index is -0.532. The molecule has 0 bridgehead atoms. The normalized spacial score (nSPS) is 10.8. The molecule has 0 aliphatic carbocycles. The second-order valence-electron chi connectivity index (χ2n) is 4.42. The van der Waals surface area contributed by atoms with Crippen LogP contribution in [0.1, 0.15) is 16.8 Å². The minimum Gasteiger partial charge on any atom is -0.378 e. The second kappa shape index (κ2) is 6.02. The average molecular weight is 296 g/mol. The van der Waals surface area contributed by atoms with Gasteiger partial charge in [-0.15, -0.1) is 0 Å². The Labute approximate surface area is 121 Å². The number of nitrogens with zero attached hydrogens (tertiary/aromatic N) is 3. The molecular weight excluding hydrogens is 282 g/mol. The summed E-state index contributed by atoms with van der Waals surface area (Å²) in [5.74, 6) is 0. The van der Waals surface area contributed by atoms with Gasteiger partial charge in [-0.2, -0.15) is 5.10 Å². The Morgan fingerprint density at radius 2 is 2.05 bits per heavy atom. The van der Waals surface area contributed by atoms with Gasteiger partial charge in [0.1, 0.15) is 0 Å². The van der Waals surface area contributed by atoms with Crippen LogP contribution in [0, 0.1) is 17.0 Å². The Bertz CT molecular complexity index is 623. The van der Waals surface area contributed by atoms with Crippen LogP contribution in [0.2, 0.25) is 5.15 Å². The molecule has 1 aromatic heterocycles. The van der Waals surface area contributed by atoms with Crippen molar-refractivity contribution in [1.29, 1.82) is 0 Å². The number of hydrogen-bond acceptors (Lipinski definition) is 4. The number of aryl methyl sites for hydroxylation is 1. The van der Waals surface area contributed by atoms with Crippen molar-refractivity contribution < 1.29 is 9.66 Å². The number of benzene rings is 1. The molecule has 0 N–H and O–H groups in total. The Morgan fingerprint density at radius 3 is 2.60 bits per heavy atom. The van der Waals surface area contributed by atoms with E-state index in [-0.39, 0.29) is 23.1 Å². The first-order valence-corrected chi connectivity index (χ1v) is 6.34. The summed E-state index contributed by atoms with van der Waals surface area (Å²) in [5, 5.41) is 15.2. The van der Waals surface area contributed by atoms with Crippen LogP contribution in [0.5, 0.6) is 0 Å². The first-order valence-electron chi connectivity index (χ1n) is 5.97. The second-order valence-corrected chi connectivity index (χ2v) is 4.78. The number of hydrogen-bond donors (Lipinski definition) is 0. The van der Waals surface area contributed by atoms with E-state index in [0.29, 0.717) is 6.54 Å². The molecule has 0 aliphatic heterocycles. The topological polar surface area (TPSA) is 70.2 Å². The van der Waals surface area contributed by atoms with Crippen LogP contribution in [0.4, 0.5) is 5.69 Å². The van der Waals surface area contributed by atoms with Gasteiger partial charge in [0.25, 0.3) is 0 Å². The summed E-state index contributed by atoms with van der Waals surface area (Å²) in [6, 6.07) is 7.82. The van der Waals surface area contributed by atoms with E-state index in [1.165, 1.54) is 11.8 Å². The highest BCUT2D eigenvalue weighted by Crippen LogP contribution is 2.29. The lowest BCUT2D eigenvalue weighted by molar-refractivity contribution is -0.385. The van der Waals surface area contributed by atoms with Crippen LogP contribution in [0.3, 0.4) is 0 Å². The van der Waals surface area contributed by atoms with Gasteiger partial charge in [0.2, 0.25) is 5.15 Å². The molecule has 0 aliphatic rings. The van der Waals surface area contributed by atoms with E-state index in [4.69, 9.17) is 16.3 Å². The highest BCUT2D eigenvalue weighted by molar-refractivity contribution is 6.31. The van der Waals surface area contributed by atoms with Gasteiger partial charge >= 0.3 is 5.69 Å². The molecule has 0 radical (unpaired) electrons. The zero-order valence-corrected chi connectivity index (χ0v) is 11.9. The van der Waals surface area contributed by atoms with Crippen molar-refractivity contribution in [2.45, 2.75) is 20.1 Å². The third kappa shape index (κ3) is 2.97. The van der Waals surface area contributed by atoms with Crippen LogP contribution in [-0.2, 0) is 17.9 Å². The summed E-state index contributed by atoms with van der Waals surface area (Å²) in [4.78, 5) is 10.5. The third-order valence-electron chi connectivity index (χ3n) is 2.85. The van der Waals surface area contributed by atoms with Crippen molar-refractivity contribution in [3.05, 3.63) is 56.4 Å². The standard InChI is InChI=1S/C13H14ClN3O3/c1-9-3-5-10(6-4-9)7-16-13(14)12(17(18)19)11(15-16)8-20-2/h3-6H,7-8H2,1-2H3. The van der Waals surface area contributed by atoms with Crippen LogP contribution in [0.15, 0.2) is 24.3 Å². The van der Waals surface area contributed by atoms with E-state index >= 15 is 0 Å². The number of methoxy groups -OCH3 is 1. The fourth-order valence-corrected chi connectivity index (χ4v) is 2.14. The number of aromatic nitrogens is 2. The zero-order valence-electron chi connectivity index (χ0n) is 11.2. The van der Waals surface area contributed by atoms with Gasteiger partial charge in [-0.1, -0.05) is 41.4 Å². The number of halogens is 1. The Hall–Kier alpha value is -1.92. The lowest BCUT2D eigenvalue weighted by Crippen LogP contribution is -2.02. The smallest absolute Gasteiger partial charge is 0.331 e. The summed E-state index contributed by atoms with van der Waals surface area (Å²) in [6.07, 6.45) is 0. The lowest BCUT2D eigenvalue weighted by atomic mass is 10.1. The van der Waals surface area contributed by atoms with Crippen LogP contribution < -0.4 is 0 Å². The fraction of sp³-hybridized carbons (Fsp3) is 0.308. The van der Waals surface area contributed by atoms with E-state index < -0.39 is 4.92 Å². The van der Waals surface area contributed by atoms with Gasteiger partial charge in [0, 0.05) is 7.11 Å². The fourth-order valence-electron chi connectivity index (χ4n) is 1.86. The Kier molecular flexibility index (Phi) is 4.36. The molecule has 1 aromatic carbocycles. The molecule has 6 nitrogen and oxygen atoms in total. The molecule has 1 heterocycles. The van der Waals surface area contributed by atoms with Gasteiger partial charge in [0.15, 0.2) is 5.69 Å². The van der Waals surface area contributed by atoms with Crippen LogP contribution in [0.25, 0.3) is 0 Å². The molecule has 106 valence electrons. The maximum absolute atomic E-state index is 11.0. The molecule has 0 fully saturated rings. The largest absolute Gasteiger partial charge is 0.378 e. The summed E-state index contributed by atoms with van der Waals surface area (Å²) in [6.45, 7) is 2.42. The molecule has 20 heavy (non-hydrogen) atoms. The number of ether oxygens (including phenoxy) is 1. The predicted molar refractivity (Wildman–Crippen MR) is 74.9 cm³/mol. The average Bonchev–Trinajstić information content (AvgIpc) is 2.69. The molecule has 0 saturated carbocycles. The number of rotatable bonds is 5. The zero-order chi connectivity index (χ0) is 14.7. The van der Waals surface area contributed by atoms with E-state index in [1.807, 2.05) is 31.2 Å². The molecule has 0 atom stereocenters. The Balaban J connectivity index is 2.34. The monoisotopic (exact) mass is 295 g/mol. The minimum absolute atomic E-state index is 0.0163. The van der Waals surface area contributed by atoms with E-state index in [9.17, 15) is 10.1 Å². The molecule has 2 aromatic rings. The lowest BCUT2D eigenvalue weighted by Gasteiger charge is -2.03. The van der Waals surface area contributed by atoms with Gasteiger partial charge in [-0.25, -0.2) is 4.68 Å². The highest BCUT2D eigenvalue weighted by Gasteiger charge is 2.26. The molecule has 0 saturated heterocycles. The maximum Gasteiger partial charge on any atom is 0.331 e. The molecular formula is C13H14ClN3O3. The first-order chi connectivity index (χ1) is 9.52. The van der Waals surface area contributed by atoms with Crippen molar-refractivity contribution in [3.8, 4) is 0 Å². The molecule has 2 rings (SSSR count). The highest BCUT2D eigenvalue weighted by atomic mass is 35.5. The van der Waals surface area contributed by atoms with Crippen LogP contribution >= 0.6 is 11.6 Å². The van der Waals surface area contributed by atoms with Gasteiger partial charge in [-0.3, -0.25) is 10.1 Å². The van der Waals surface area contributed by atoms with Gasteiger partial charge in [0.05, 0.1) is 18.1 Å². The van der Waals surface area contributed by atoms with Gasteiger partial charge in [-0.05, 0) is 12.5 Å². The summed E-state index contributed by atoms with van der Waals surface area (Å²) in [5.41, 5.74) is 2.15. The van der Waals surface area contributed by atoms with E-state index in [0.717, 1.165) is 11.1 Å². The molecule has 0 spiro atoms. The Morgan fingerprint density at radius 1 is 1.40 bits per heavy atom. The molecule has 7 heteroatoms. The van der Waals surface area contributed by atoms with Crippen molar-refractivity contribution in [2.24, 2.45) is 0 Å². The predicted octanol–water partition coefficient (Wildman–Crippen LogP) is 2.95. The SMILES string of the molecule is COCc1nn(Cc2ccc(C)cc2)c(Cl)c1[N+](=O)[O-]. The van der Waals surface area contributed by atoms with E-state index in [2.05, 4.69) is 5.10 Å². The van der Waals surface area contributed by atoms with Crippen LogP contribution in [-0.4, -0.2) is 21.8 Å². The van der Waals surface area contributed by atoms with Crippen molar-refractivity contribution in [2.75, 3.05) is 7.11 Å². The summed E-state index contributed by atoms with van der Waals surface area (Å²) >= 11 is 6.04. The number of nitro groups is 1. The molecule has 0 unspecified atom stereocenters. The van der Waals surface area contributed by atoms with Crippen molar-refractivity contribution in [3.63, 3.8) is 0 Å². The maximum atomic E-state index is 11.0. The first kappa shape index (κ1) is 14.5. The summed E-state index contributed by atoms with van der Waals surface area (Å²) < 4.78 is 6.33. The van der Waals surface area contributed by atoms with Gasteiger partial charge < -0.3 is 4.74 Å².